The van der Waals surface area contributed by atoms with E-state index < -0.39 is 0 Å². The second-order valence-electron chi connectivity index (χ2n) is 4.03. The molecule has 2 rings (SSSR count). The second kappa shape index (κ2) is 6.62. The zero-order valence-electron chi connectivity index (χ0n) is 10.4. The molecule has 1 saturated heterocycles. The molecule has 0 saturated carbocycles. The largest absolute Gasteiger partial charge is 0.383 e. The minimum atomic E-state index is 0.332. The van der Waals surface area contributed by atoms with Gasteiger partial charge in [0.1, 0.15) is 11.6 Å². The minimum Gasteiger partial charge on any atom is -0.383 e. The molecule has 2 unspecified atom stereocenters. The topological polar surface area (TPSA) is 61.0 Å². The fourth-order valence-electron chi connectivity index (χ4n) is 1.81. The molecule has 0 spiro atoms. The molecule has 1 fully saturated rings. The van der Waals surface area contributed by atoms with Gasteiger partial charge in [0.25, 0.3) is 0 Å². The van der Waals surface area contributed by atoms with Crippen LogP contribution in [0.25, 0.3) is 0 Å². The van der Waals surface area contributed by atoms with E-state index in [0.29, 0.717) is 22.9 Å². The summed E-state index contributed by atoms with van der Waals surface area (Å²) in [5.41, 5.74) is 6.87. The van der Waals surface area contributed by atoms with Crippen molar-refractivity contribution in [3.8, 4) is 0 Å². The Morgan fingerprint density at radius 3 is 2.78 bits per heavy atom. The smallest absolute Gasteiger partial charge is 0.145 e. The number of nitrogen functional groups attached to an aromatic ring is 1. The van der Waals surface area contributed by atoms with Crippen LogP contribution in [0.2, 0.25) is 0 Å². The maximum absolute atomic E-state index is 5.97. The Kier molecular flexibility index (Phi) is 5.40. The van der Waals surface area contributed by atoms with Gasteiger partial charge >= 0.3 is 0 Å². The predicted octanol–water partition coefficient (Wildman–Crippen LogP) is 2.72. The Bertz CT molecular complexity index is 433. The van der Waals surface area contributed by atoms with Crippen molar-refractivity contribution < 1.29 is 4.74 Å². The van der Waals surface area contributed by atoms with Crippen LogP contribution in [0, 0.1) is 3.57 Å². The quantitative estimate of drug-likeness (QED) is 0.792. The zero-order chi connectivity index (χ0) is 13.1. The number of anilines is 1. The van der Waals surface area contributed by atoms with Gasteiger partial charge in [-0.2, -0.15) is 11.8 Å². The fourth-order valence-corrected chi connectivity index (χ4v) is 4.89. The highest BCUT2D eigenvalue weighted by atomic mass is 127. The molecule has 1 aliphatic heterocycles. The molecule has 0 aliphatic carbocycles. The molecule has 7 heteroatoms. The molecule has 18 heavy (non-hydrogen) atoms. The summed E-state index contributed by atoms with van der Waals surface area (Å²) in [4.78, 5) is 9.10. The van der Waals surface area contributed by atoms with Crippen LogP contribution in [0.1, 0.15) is 23.7 Å². The zero-order valence-corrected chi connectivity index (χ0v) is 14.1. The van der Waals surface area contributed by atoms with E-state index in [1.54, 1.807) is 7.11 Å². The van der Waals surface area contributed by atoms with Crippen molar-refractivity contribution in [1.29, 1.82) is 0 Å². The molecule has 1 aromatic rings. The third-order valence-corrected chi connectivity index (χ3v) is 6.95. The Morgan fingerprint density at radius 1 is 1.39 bits per heavy atom. The molecular weight excluding hydrogens is 381 g/mol. The summed E-state index contributed by atoms with van der Waals surface area (Å²) < 4.78 is 6.07. The van der Waals surface area contributed by atoms with E-state index in [1.165, 1.54) is 5.75 Å². The van der Waals surface area contributed by atoms with E-state index >= 15 is 0 Å². The van der Waals surface area contributed by atoms with Crippen molar-refractivity contribution in [1.82, 2.24) is 9.97 Å². The summed E-state index contributed by atoms with van der Waals surface area (Å²) in [6, 6.07) is 0. The van der Waals surface area contributed by atoms with Gasteiger partial charge in [-0.25, -0.2) is 9.97 Å². The molecule has 2 atom stereocenters. The number of halogens is 1. The molecule has 1 aromatic heterocycles. The van der Waals surface area contributed by atoms with Crippen LogP contribution in [-0.2, 0) is 11.3 Å². The third kappa shape index (κ3) is 3.23. The van der Waals surface area contributed by atoms with Gasteiger partial charge < -0.3 is 10.5 Å². The molecule has 0 amide bonds. The number of hydrogen-bond acceptors (Lipinski definition) is 6. The molecule has 2 N–H and O–H groups in total. The predicted molar refractivity (Wildman–Crippen MR) is 87.0 cm³/mol. The normalized spacial score (nSPS) is 24.2. The molecule has 4 nitrogen and oxygen atoms in total. The summed E-state index contributed by atoms with van der Waals surface area (Å²) in [5, 5.41) is 0.859. The maximum Gasteiger partial charge on any atom is 0.145 e. The van der Waals surface area contributed by atoms with E-state index in [1.807, 2.05) is 23.5 Å². The van der Waals surface area contributed by atoms with Crippen molar-refractivity contribution in [2.45, 2.75) is 24.0 Å². The van der Waals surface area contributed by atoms with Gasteiger partial charge in [-0.3, -0.25) is 0 Å². The number of aromatic nitrogens is 2. The van der Waals surface area contributed by atoms with E-state index in [4.69, 9.17) is 10.5 Å². The molecule has 100 valence electrons. The Morgan fingerprint density at radius 2 is 2.11 bits per heavy atom. The monoisotopic (exact) mass is 397 g/mol. The average molecular weight is 397 g/mol. The first-order chi connectivity index (χ1) is 8.63. The molecule has 0 aromatic carbocycles. The molecule has 0 bridgehead atoms. The molecule has 2 heterocycles. The summed E-state index contributed by atoms with van der Waals surface area (Å²) in [7, 11) is 1.67. The lowest BCUT2D eigenvalue weighted by Crippen LogP contribution is -2.20. The van der Waals surface area contributed by atoms with Crippen molar-refractivity contribution in [3.63, 3.8) is 0 Å². The van der Waals surface area contributed by atoms with Gasteiger partial charge in [-0.05, 0) is 22.6 Å². The van der Waals surface area contributed by atoms with Crippen LogP contribution in [0.5, 0.6) is 0 Å². The van der Waals surface area contributed by atoms with Crippen molar-refractivity contribution >= 4 is 51.9 Å². The maximum atomic E-state index is 5.97. The molecule has 0 radical (unpaired) electrons. The summed E-state index contributed by atoms with van der Waals surface area (Å²) in [5.74, 6) is 3.77. The number of rotatable bonds is 3. The van der Waals surface area contributed by atoms with Crippen LogP contribution >= 0.6 is 46.1 Å². The number of nitrogens with zero attached hydrogens (tertiary/aromatic N) is 2. The fraction of sp³-hybridized carbons (Fsp3) is 0.636. The lowest BCUT2D eigenvalue weighted by Gasteiger charge is -2.27. The number of thioether (sulfide) groups is 2. The summed E-state index contributed by atoms with van der Waals surface area (Å²) in [6.07, 6.45) is 0. The van der Waals surface area contributed by atoms with E-state index in [-0.39, 0.29) is 0 Å². The van der Waals surface area contributed by atoms with E-state index in [0.717, 1.165) is 20.8 Å². The van der Waals surface area contributed by atoms with Crippen LogP contribution in [0.4, 0.5) is 5.82 Å². The van der Waals surface area contributed by atoms with E-state index in [2.05, 4.69) is 39.5 Å². The lowest BCUT2D eigenvalue weighted by atomic mass is 10.3. The average Bonchev–Trinajstić information content (AvgIpc) is 2.35. The van der Waals surface area contributed by atoms with Crippen LogP contribution in [-0.4, -0.2) is 33.8 Å². The number of hydrogen-bond donors (Lipinski definition) is 1. The van der Waals surface area contributed by atoms with Crippen molar-refractivity contribution in [2.24, 2.45) is 0 Å². The third-order valence-electron chi connectivity index (χ3n) is 2.69. The highest BCUT2D eigenvalue weighted by molar-refractivity contribution is 14.1. The number of nitrogens with two attached hydrogens (primary N) is 1. The summed E-state index contributed by atoms with van der Waals surface area (Å²) in [6.45, 7) is 2.71. The van der Waals surface area contributed by atoms with Gasteiger partial charge in [0.05, 0.1) is 21.1 Å². The van der Waals surface area contributed by atoms with Crippen LogP contribution in [0.15, 0.2) is 0 Å². The first-order valence-electron chi connectivity index (χ1n) is 5.67. The standard InChI is InChI=1S/C11H16IN3OS2/c1-6-9(18-4-3-17-6)11-14-7(5-16-2)8(12)10(13)15-11/h6,9H,3-5H2,1-2H3,(H2,13,14,15). The second-order valence-corrected chi connectivity index (χ2v) is 7.84. The Labute approximate surface area is 129 Å². The van der Waals surface area contributed by atoms with Crippen LogP contribution in [0.3, 0.4) is 0 Å². The Balaban J connectivity index is 2.32. The van der Waals surface area contributed by atoms with Crippen molar-refractivity contribution in [2.75, 3.05) is 24.3 Å². The molecule has 1 aliphatic rings. The van der Waals surface area contributed by atoms with Gasteiger partial charge in [0.15, 0.2) is 0 Å². The first kappa shape index (κ1) is 14.7. The van der Waals surface area contributed by atoms with Gasteiger partial charge in [0, 0.05) is 23.9 Å². The lowest BCUT2D eigenvalue weighted by molar-refractivity contribution is 0.180. The summed E-state index contributed by atoms with van der Waals surface area (Å²) >= 11 is 6.08. The number of methoxy groups -OCH3 is 1. The van der Waals surface area contributed by atoms with Gasteiger partial charge in [0.2, 0.25) is 0 Å². The minimum absolute atomic E-state index is 0.332. The SMILES string of the molecule is COCc1nc(C2SCCSC2C)nc(N)c1I. The molecular formula is C11H16IN3OS2. The van der Waals surface area contributed by atoms with Crippen molar-refractivity contribution in [3.05, 3.63) is 15.1 Å². The van der Waals surface area contributed by atoms with E-state index in [9.17, 15) is 0 Å². The van der Waals surface area contributed by atoms with Gasteiger partial charge in [-0.1, -0.05) is 6.92 Å². The first-order valence-corrected chi connectivity index (χ1v) is 8.85. The van der Waals surface area contributed by atoms with Crippen LogP contribution < -0.4 is 5.73 Å². The highest BCUT2D eigenvalue weighted by Crippen LogP contribution is 2.41. The highest BCUT2D eigenvalue weighted by Gasteiger charge is 2.27. The number of ether oxygens (including phenoxy) is 1. The Hall–Kier alpha value is 0.270. The van der Waals surface area contributed by atoms with Gasteiger partial charge in [-0.15, -0.1) is 11.8 Å².